The van der Waals surface area contributed by atoms with Gasteiger partial charge in [-0.2, -0.15) is 0 Å². The lowest BCUT2D eigenvalue weighted by molar-refractivity contribution is -0.139. The Morgan fingerprint density at radius 1 is 0.977 bits per heavy atom. The summed E-state index contributed by atoms with van der Waals surface area (Å²) in [5.74, 6) is -1.54. The molecule has 1 aliphatic rings. The van der Waals surface area contributed by atoms with Crippen LogP contribution in [0.3, 0.4) is 0 Å². The highest BCUT2D eigenvalue weighted by molar-refractivity contribution is 6.00. The zero-order valence-corrected chi connectivity index (χ0v) is 25.2. The molecule has 232 valence electrons. The van der Waals surface area contributed by atoms with E-state index in [1.165, 1.54) is 0 Å². The van der Waals surface area contributed by atoms with Crippen LogP contribution in [0, 0.1) is 12.8 Å². The Bertz CT molecular complexity index is 1280. The predicted molar refractivity (Wildman–Crippen MR) is 165 cm³/mol. The number of carbonyl (C=O) groups excluding carboxylic acids is 4. The maximum Gasteiger partial charge on any atom is 0.323 e. The molecule has 2 atom stereocenters. The molecule has 0 aromatic heterocycles. The van der Waals surface area contributed by atoms with Crippen molar-refractivity contribution in [2.45, 2.75) is 77.8 Å². The number of carboxylic acid groups (broad SMARTS) is 1. The zero-order chi connectivity index (χ0) is 31.4. The quantitative estimate of drug-likeness (QED) is 0.222. The highest BCUT2D eigenvalue weighted by Crippen LogP contribution is 2.21. The number of carboxylic acids is 1. The molecular formula is C32H43N5O6. The standard InChI is InChI=1S/C32H43N5O6/c1-21(2)17-18-33-30(41)26(10-6-12-29(39)40)35-31(42)27-11-7-19-37(27)28(38)20-23-13-15-24(16-14-23)34-32(43)36-25-9-5-4-8-22(25)3/h4-5,8-9,13-16,21,26-27H,6-7,10-12,17-20H2,1-3H3,(H,33,41)(H,35,42)(H,39,40)(H2,34,36,43)/t26?,27-/m0/s1. The van der Waals surface area contributed by atoms with Crippen molar-refractivity contribution in [1.29, 1.82) is 0 Å². The van der Waals surface area contributed by atoms with Crippen LogP contribution in [0.1, 0.15) is 63.5 Å². The number of carbonyl (C=O) groups is 5. The molecule has 0 saturated carbocycles. The van der Waals surface area contributed by atoms with E-state index in [4.69, 9.17) is 5.11 Å². The monoisotopic (exact) mass is 593 g/mol. The molecule has 3 rings (SSSR count). The summed E-state index contributed by atoms with van der Waals surface area (Å²) in [4.78, 5) is 64.2. The second-order valence-electron chi connectivity index (χ2n) is 11.3. The summed E-state index contributed by atoms with van der Waals surface area (Å²) < 4.78 is 0. The fourth-order valence-electron chi connectivity index (χ4n) is 4.92. The van der Waals surface area contributed by atoms with Gasteiger partial charge >= 0.3 is 12.0 Å². The Kier molecular flexibility index (Phi) is 12.5. The fourth-order valence-corrected chi connectivity index (χ4v) is 4.92. The molecule has 1 fully saturated rings. The van der Waals surface area contributed by atoms with Crippen molar-refractivity contribution in [3.63, 3.8) is 0 Å². The van der Waals surface area contributed by atoms with Gasteiger partial charge in [0.15, 0.2) is 0 Å². The van der Waals surface area contributed by atoms with Gasteiger partial charge in [-0.1, -0.05) is 44.2 Å². The fraction of sp³-hybridized carbons (Fsp3) is 0.469. The molecule has 43 heavy (non-hydrogen) atoms. The smallest absolute Gasteiger partial charge is 0.323 e. The number of para-hydroxylation sites is 1. The third kappa shape index (κ3) is 10.7. The number of hydrogen-bond donors (Lipinski definition) is 5. The van der Waals surface area contributed by atoms with Crippen LogP contribution in [-0.2, 0) is 25.6 Å². The molecule has 11 nitrogen and oxygen atoms in total. The van der Waals surface area contributed by atoms with Gasteiger partial charge in [-0.25, -0.2) is 4.79 Å². The van der Waals surface area contributed by atoms with Crippen molar-refractivity contribution in [1.82, 2.24) is 15.5 Å². The molecule has 1 heterocycles. The molecule has 1 aliphatic heterocycles. The van der Waals surface area contributed by atoms with Gasteiger partial charge in [0.25, 0.3) is 0 Å². The van der Waals surface area contributed by atoms with Crippen LogP contribution in [-0.4, -0.2) is 64.9 Å². The highest BCUT2D eigenvalue weighted by atomic mass is 16.4. The Balaban J connectivity index is 1.56. The molecule has 1 saturated heterocycles. The van der Waals surface area contributed by atoms with Crippen molar-refractivity contribution >= 4 is 41.1 Å². The van der Waals surface area contributed by atoms with Crippen molar-refractivity contribution in [3.05, 3.63) is 59.7 Å². The van der Waals surface area contributed by atoms with E-state index in [-0.39, 0.29) is 43.5 Å². The molecule has 11 heteroatoms. The molecule has 0 spiro atoms. The summed E-state index contributed by atoms with van der Waals surface area (Å²) in [7, 11) is 0. The van der Waals surface area contributed by atoms with Crippen molar-refractivity contribution < 1.29 is 29.1 Å². The summed E-state index contributed by atoms with van der Waals surface area (Å²) in [5, 5.41) is 20.2. The van der Waals surface area contributed by atoms with Gasteiger partial charge in [0.1, 0.15) is 12.1 Å². The lowest BCUT2D eigenvalue weighted by Crippen LogP contribution is -2.53. The molecular weight excluding hydrogens is 550 g/mol. The van der Waals surface area contributed by atoms with Gasteiger partial charge in [-0.3, -0.25) is 19.2 Å². The average Bonchev–Trinajstić information content (AvgIpc) is 3.45. The van der Waals surface area contributed by atoms with Crippen LogP contribution < -0.4 is 21.3 Å². The lowest BCUT2D eigenvalue weighted by Gasteiger charge is -2.26. The summed E-state index contributed by atoms with van der Waals surface area (Å²) >= 11 is 0. The third-order valence-electron chi connectivity index (χ3n) is 7.37. The number of amides is 5. The Labute approximate surface area is 252 Å². The zero-order valence-electron chi connectivity index (χ0n) is 25.2. The van der Waals surface area contributed by atoms with Gasteiger partial charge in [0.05, 0.1) is 6.42 Å². The Morgan fingerprint density at radius 2 is 1.70 bits per heavy atom. The second-order valence-corrected chi connectivity index (χ2v) is 11.3. The van der Waals surface area contributed by atoms with Crippen LogP contribution in [0.25, 0.3) is 0 Å². The van der Waals surface area contributed by atoms with E-state index in [1.54, 1.807) is 29.2 Å². The second kappa shape index (κ2) is 16.3. The first-order chi connectivity index (χ1) is 20.5. The number of hydrogen-bond acceptors (Lipinski definition) is 5. The van der Waals surface area contributed by atoms with Crippen molar-refractivity contribution in [3.8, 4) is 0 Å². The van der Waals surface area contributed by atoms with Crippen molar-refractivity contribution in [2.75, 3.05) is 23.7 Å². The average molecular weight is 594 g/mol. The van der Waals surface area contributed by atoms with Gasteiger partial charge < -0.3 is 31.3 Å². The molecule has 0 aliphatic carbocycles. The first kappa shape index (κ1) is 33.1. The number of aliphatic carboxylic acids is 1. The van der Waals surface area contributed by atoms with Gasteiger partial charge in [-0.05, 0) is 74.3 Å². The number of aryl methyl sites for hydroxylation is 1. The first-order valence-electron chi connectivity index (χ1n) is 14.9. The minimum absolute atomic E-state index is 0.0806. The number of nitrogens with one attached hydrogen (secondary N) is 4. The van der Waals surface area contributed by atoms with Crippen molar-refractivity contribution in [2.24, 2.45) is 5.92 Å². The van der Waals surface area contributed by atoms with E-state index in [2.05, 4.69) is 21.3 Å². The minimum Gasteiger partial charge on any atom is -0.481 e. The van der Waals surface area contributed by atoms with E-state index >= 15 is 0 Å². The molecule has 5 amide bonds. The van der Waals surface area contributed by atoms with E-state index in [9.17, 15) is 24.0 Å². The van der Waals surface area contributed by atoms with E-state index in [0.717, 1.165) is 17.5 Å². The number of benzene rings is 2. The molecule has 0 bridgehead atoms. The van der Waals surface area contributed by atoms with E-state index in [0.29, 0.717) is 43.2 Å². The normalized spacial score (nSPS) is 15.1. The third-order valence-corrected chi connectivity index (χ3v) is 7.37. The van der Waals surface area contributed by atoms with Crippen LogP contribution in [0.4, 0.5) is 16.2 Å². The number of nitrogens with zero attached hydrogens (tertiary/aromatic N) is 1. The topological polar surface area (TPSA) is 157 Å². The number of anilines is 2. The van der Waals surface area contributed by atoms with E-state index < -0.39 is 24.0 Å². The predicted octanol–water partition coefficient (Wildman–Crippen LogP) is 4.07. The molecule has 1 unspecified atom stereocenters. The summed E-state index contributed by atoms with van der Waals surface area (Å²) in [5.41, 5.74) is 2.96. The largest absolute Gasteiger partial charge is 0.481 e. The highest BCUT2D eigenvalue weighted by Gasteiger charge is 2.35. The number of likely N-dealkylation sites (tertiary alicyclic amines) is 1. The maximum absolute atomic E-state index is 13.3. The molecule has 5 N–H and O–H groups in total. The number of urea groups is 1. The molecule has 0 radical (unpaired) electrons. The molecule has 2 aromatic rings. The Morgan fingerprint density at radius 3 is 2.37 bits per heavy atom. The summed E-state index contributed by atoms with van der Waals surface area (Å²) in [6.45, 7) is 6.88. The van der Waals surface area contributed by atoms with Gasteiger partial charge in [0, 0.05) is 30.9 Å². The van der Waals surface area contributed by atoms with Crippen LogP contribution >= 0.6 is 0 Å². The van der Waals surface area contributed by atoms with Crippen LogP contribution in [0.5, 0.6) is 0 Å². The van der Waals surface area contributed by atoms with Crippen LogP contribution in [0.15, 0.2) is 48.5 Å². The van der Waals surface area contributed by atoms with Crippen LogP contribution in [0.2, 0.25) is 0 Å². The van der Waals surface area contributed by atoms with E-state index in [1.807, 2.05) is 45.0 Å². The summed E-state index contributed by atoms with van der Waals surface area (Å²) in [6.07, 6.45) is 2.33. The minimum atomic E-state index is -0.966. The maximum atomic E-state index is 13.3. The first-order valence-corrected chi connectivity index (χ1v) is 14.9. The van der Waals surface area contributed by atoms with Gasteiger partial charge in [-0.15, -0.1) is 0 Å². The number of rotatable bonds is 14. The van der Waals surface area contributed by atoms with Gasteiger partial charge in [0.2, 0.25) is 17.7 Å². The lowest BCUT2D eigenvalue weighted by atomic mass is 10.1. The SMILES string of the molecule is Cc1ccccc1NC(=O)Nc1ccc(CC(=O)N2CCC[C@H]2C(=O)NC(CCCC(=O)O)C(=O)NCCC(C)C)cc1. The molecule has 2 aromatic carbocycles. The Hall–Kier alpha value is -4.41. The summed E-state index contributed by atoms with van der Waals surface area (Å²) in [6, 6.07) is 12.4.